The molecule has 1 aromatic heterocycles. The van der Waals surface area contributed by atoms with Gasteiger partial charge in [-0.25, -0.2) is 9.78 Å². The van der Waals surface area contributed by atoms with Gasteiger partial charge in [0.05, 0.1) is 16.6 Å². The summed E-state index contributed by atoms with van der Waals surface area (Å²) >= 11 is 18.0. The Morgan fingerprint density at radius 3 is 2.31 bits per heavy atom. The minimum absolute atomic E-state index is 0. The van der Waals surface area contributed by atoms with Crippen molar-refractivity contribution in [3.63, 3.8) is 0 Å². The van der Waals surface area contributed by atoms with Crippen LogP contribution in [0.3, 0.4) is 0 Å². The first-order valence-electron chi connectivity index (χ1n) is 7.07. The highest BCUT2D eigenvalue weighted by Gasteiger charge is 2.15. The number of carbonyl (C=O) groups is 1. The van der Waals surface area contributed by atoms with Crippen molar-refractivity contribution in [1.82, 2.24) is 20.6 Å². The Labute approximate surface area is 165 Å². The van der Waals surface area contributed by atoms with Crippen LogP contribution in [0.15, 0.2) is 30.9 Å². The maximum absolute atomic E-state index is 12.3. The predicted octanol–water partition coefficient (Wildman–Crippen LogP) is 5.07. The molecule has 0 aliphatic carbocycles. The normalized spacial score (nSPS) is 9.38. The van der Waals surface area contributed by atoms with E-state index in [1.165, 1.54) is 10.9 Å². The number of nitrogens with zero attached hydrogens (tertiary/aromatic N) is 3. The van der Waals surface area contributed by atoms with Crippen LogP contribution in [0.25, 0.3) is 0 Å². The molecule has 3 N–H and O–H groups in total. The standard InChI is InChI=1S/C15H16Cl3N3O2.2FH.H3N/c1-2-4-20(15(22)21-5-3-19-10-21)6-7-23-14-12(17)8-11(16)9-13(14)18;;;/h3,5,8-10H,2,4,6-7H2,1H3;2*1H;1H3. The summed E-state index contributed by atoms with van der Waals surface area (Å²) in [7, 11) is 0. The molecule has 11 heteroatoms. The van der Waals surface area contributed by atoms with E-state index in [2.05, 4.69) is 4.98 Å². The summed E-state index contributed by atoms with van der Waals surface area (Å²) in [5.74, 6) is 0.365. The third-order valence-corrected chi connectivity index (χ3v) is 3.84. The second kappa shape index (κ2) is 12.7. The smallest absolute Gasteiger partial charge is 0.329 e. The molecule has 6 nitrogen and oxygen atoms in total. The molecule has 0 saturated heterocycles. The molecular formula is C15H21Cl3F2N4O2. The summed E-state index contributed by atoms with van der Waals surface area (Å²) in [6, 6.07) is 2.97. The zero-order chi connectivity index (χ0) is 16.8. The summed E-state index contributed by atoms with van der Waals surface area (Å²) in [5.41, 5.74) is 0. The third kappa shape index (κ3) is 6.95. The van der Waals surface area contributed by atoms with Gasteiger partial charge in [-0.1, -0.05) is 41.7 Å². The number of hydrogen-bond donors (Lipinski definition) is 1. The van der Waals surface area contributed by atoms with Crippen LogP contribution in [0, 0.1) is 0 Å². The van der Waals surface area contributed by atoms with Crippen molar-refractivity contribution in [1.29, 1.82) is 0 Å². The topological polar surface area (TPSA) is 82.4 Å². The number of aromatic nitrogens is 2. The Morgan fingerprint density at radius 1 is 1.19 bits per heavy atom. The van der Waals surface area contributed by atoms with Crippen molar-refractivity contribution in [3.8, 4) is 5.75 Å². The number of benzene rings is 1. The van der Waals surface area contributed by atoms with Crippen LogP contribution >= 0.6 is 34.8 Å². The van der Waals surface area contributed by atoms with Crippen LogP contribution in [0.1, 0.15) is 13.3 Å². The lowest BCUT2D eigenvalue weighted by molar-refractivity contribution is 0.184. The van der Waals surface area contributed by atoms with E-state index in [0.29, 0.717) is 33.9 Å². The van der Waals surface area contributed by atoms with Crippen molar-refractivity contribution >= 4 is 40.8 Å². The van der Waals surface area contributed by atoms with Gasteiger partial charge in [0.2, 0.25) is 0 Å². The molecule has 0 unspecified atom stereocenters. The lowest BCUT2D eigenvalue weighted by Crippen LogP contribution is -2.37. The molecule has 0 radical (unpaired) electrons. The van der Waals surface area contributed by atoms with E-state index in [4.69, 9.17) is 39.5 Å². The fraction of sp³-hybridized carbons (Fsp3) is 0.333. The summed E-state index contributed by atoms with van der Waals surface area (Å²) in [5, 5.41) is 1.12. The van der Waals surface area contributed by atoms with Gasteiger partial charge in [0.15, 0.2) is 5.75 Å². The number of hydrogen-bond acceptors (Lipinski definition) is 4. The maximum atomic E-state index is 12.3. The summed E-state index contributed by atoms with van der Waals surface area (Å²) in [6.45, 7) is 3.28. The van der Waals surface area contributed by atoms with Crippen molar-refractivity contribution in [2.75, 3.05) is 19.7 Å². The van der Waals surface area contributed by atoms with Gasteiger partial charge >= 0.3 is 6.03 Å². The fourth-order valence-corrected chi connectivity index (χ4v) is 2.96. The molecule has 0 fully saturated rings. The quantitative estimate of drug-likeness (QED) is 0.689. The molecule has 148 valence electrons. The molecule has 1 heterocycles. The van der Waals surface area contributed by atoms with E-state index in [1.54, 1.807) is 29.4 Å². The molecule has 0 spiro atoms. The first kappa shape index (κ1) is 26.6. The monoisotopic (exact) mass is 432 g/mol. The number of ether oxygens (including phenoxy) is 1. The molecule has 1 amide bonds. The SMILES string of the molecule is CCCN(CCOc1c(Cl)cc(Cl)cc1Cl)C(=O)n1ccnc1.F.F.N. The fourth-order valence-electron chi connectivity index (χ4n) is 2.03. The molecule has 0 saturated carbocycles. The van der Waals surface area contributed by atoms with E-state index in [1.807, 2.05) is 6.92 Å². The third-order valence-electron chi connectivity index (χ3n) is 3.06. The van der Waals surface area contributed by atoms with Crippen LogP contribution in [0.2, 0.25) is 15.1 Å². The molecule has 0 aliphatic heterocycles. The van der Waals surface area contributed by atoms with Crippen LogP contribution in [0.5, 0.6) is 5.75 Å². The lowest BCUT2D eigenvalue weighted by atomic mass is 10.3. The average molecular weight is 434 g/mol. The number of amides is 1. The Bertz CT molecular complexity index is 652. The van der Waals surface area contributed by atoms with E-state index in [9.17, 15) is 4.79 Å². The van der Waals surface area contributed by atoms with Crippen molar-refractivity contribution in [3.05, 3.63) is 45.9 Å². The maximum Gasteiger partial charge on any atom is 0.329 e. The van der Waals surface area contributed by atoms with E-state index in [0.717, 1.165) is 6.42 Å². The van der Waals surface area contributed by atoms with Crippen LogP contribution < -0.4 is 10.9 Å². The highest BCUT2D eigenvalue weighted by atomic mass is 35.5. The van der Waals surface area contributed by atoms with E-state index >= 15 is 0 Å². The lowest BCUT2D eigenvalue weighted by Gasteiger charge is -2.22. The van der Waals surface area contributed by atoms with Crippen LogP contribution in [0.4, 0.5) is 14.2 Å². The van der Waals surface area contributed by atoms with Gasteiger partial charge in [0.25, 0.3) is 0 Å². The molecule has 26 heavy (non-hydrogen) atoms. The minimum Gasteiger partial charge on any atom is -0.489 e. The van der Waals surface area contributed by atoms with Gasteiger partial charge in [-0.2, -0.15) is 0 Å². The first-order valence-corrected chi connectivity index (χ1v) is 8.21. The Hall–Kier alpha value is -1.61. The second-order valence-corrected chi connectivity index (χ2v) is 6.04. The van der Waals surface area contributed by atoms with E-state index < -0.39 is 0 Å². The van der Waals surface area contributed by atoms with Gasteiger partial charge in [0, 0.05) is 24.0 Å². The zero-order valence-corrected chi connectivity index (χ0v) is 16.3. The number of rotatable bonds is 6. The largest absolute Gasteiger partial charge is 0.489 e. The van der Waals surface area contributed by atoms with Gasteiger partial charge in [-0.3, -0.25) is 14.0 Å². The summed E-state index contributed by atoms with van der Waals surface area (Å²) in [4.78, 5) is 17.9. The van der Waals surface area contributed by atoms with Gasteiger partial charge in [-0.15, -0.1) is 0 Å². The highest BCUT2D eigenvalue weighted by Crippen LogP contribution is 2.35. The average Bonchev–Trinajstić information content (AvgIpc) is 3.02. The molecule has 0 bridgehead atoms. The van der Waals surface area contributed by atoms with E-state index in [-0.39, 0.29) is 28.2 Å². The summed E-state index contributed by atoms with van der Waals surface area (Å²) < 4.78 is 7.05. The predicted molar refractivity (Wildman–Crippen MR) is 102 cm³/mol. The molecular weight excluding hydrogens is 413 g/mol. The molecule has 0 atom stereocenters. The number of imidazole rings is 1. The Morgan fingerprint density at radius 2 is 1.81 bits per heavy atom. The number of halogens is 5. The second-order valence-electron chi connectivity index (χ2n) is 4.79. The molecule has 0 aliphatic rings. The highest BCUT2D eigenvalue weighted by molar-refractivity contribution is 6.40. The summed E-state index contributed by atoms with van der Waals surface area (Å²) in [6.07, 6.45) is 5.48. The van der Waals surface area contributed by atoms with Crippen molar-refractivity contribution in [2.45, 2.75) is 13.3 Å². The van der Waals surface area contributed by atoms with Crippen molar-refractivity contribution in [2.24, 2.45) is 0 Å². The van der Waals surface area contributed by atoms with Gasteiger partial charge in [0.1, 0.15) is 12.9 Å². The van der Waals surface area contributed by atoms with Crippen molar-refractivity contribution < 1.29 is 18.9 Å². The Balaban J connectivity index is 0. The van der Waals surface area contributed by atoms with Gasteiger partial charge in [-0.05, 0) is 18.6 Å². The molecule has 1 aromatic carbocycles. The number of carbonyl (C=O) groups excluding carboxylic acids is 1. The van der Waals surface area contributed by atoms with Crippen LogP contribution in [-0.2, 0) is 0 Å². The van der Waals surface area contributed by atoms with Gasteiger partial charge < -0.3 is 15.8 Å². The minimum atomic E-state index is -0.152. The first-order chi connectivity index (χ1) is 11.0. The van der Waals surface area contributed by atoms with Crippen LogP contribution in [-0.4, -0.2) is 40.2 Å². The molecule has 2 rings (SSSR count). The zero-order valence-electron chi connectivity index (χ0n) is 14.0. The molecule has 2 aromatic rings. The Kier molecular flexibility index (Phi) is 13.0.